The first kappa shape index (κ1) is 23.9. The second-order valence-electron chi connectivity index (χ2n) is 9.98. The van der Waals surface area contributed by atoms with E-state index in [0.29, 0.717) is 6.04 Å². The van der Waals surface area contributed by atoms with Crippen molar-refractivity contribution in [1.82, 2.24) is 15.2 Å². The third-order valence-electron chi connectivity index (χ3n) is 7.29. The van der Waals surface area contributed by atoms with Gasteiger partial charge in [0.15, 0.2) is 0 Å². The van der Waals surface area contributed by atoms with Crippen LogP contribution in [-0.2, 0) is 0 Å². The fourth-order valence-corrected chi connectivity index (χ4v) is 5.08. The van der Waals surface area contributed by atoms with E-state index in [4.69, 9.17) is 4.98 Å². The summed E-state index contributed by atoms with van der Waals surface area (Å²) in [6, 6.07) is 14.0. The van der Waals surface area contributed by atoms with Gasteiger partial charge in [0.05, 0.1) is 11.4 Å². The zero-order valence-corrected chi connectivity index (χ0v) is 20.9. The highest BCUT2D eigenvalue weighted by molar-refractivity contribution is 5.80. The standard InChI is InChI=1S/C30H41N3/c1-23-11-14-26(15-12-23)28(18-22-33-20-7-8-21-33)30-25(3)13-16-29(32-30)24(2)17-19-31-27-9-5-4-6-10-27/h11-18,27,31H,4-10,19-22H2,1-3H3. The van der Waals surface area contributed by atoms with Crippen LogP contribution in [0.15, 0.2) is 48.6 Å². The molecule has 2 aliphatic rings. The van der Waals surface area contributed by atoms with Gasteiger partial charge in [-0.1, -0.05) is 67.3 Å². The van der Waals surface area contributed by atoms with Crippen molar-refractivity contribution >= 4 is 11.1 Å². The monoisotopic (exact) mass is 443 g/mol. The van der Waals surface area contributed by atoms with E-state index in [0.717, 1.165) is 24.5 Å². The SMILES string of the molecule is CC(=CCNC1CCCCC1)c1ccc(C)c(C(=CCN2CCCC2)c2ccc(C)cc2)n1. The van der Waals surface area contributed by atoms with Crippen molar-refractivity contribution in [2.24, 2.45) is 0 Å². The second-order valence-corrected chi connectivity index (χ2v) is 9.98. The van der Waals surface area contributed by atoms with Crippen LogP contribution < -0.4 is 5.32 Å². The minimum absolute atomic E-state index is 0.686. The summed E-state index contributed by atoms with van der Waals surface area (Å²) in [5.41, 5.74) is 8.49. The molecule has 1 aliphatic carbocycles. The average molecular weight is 444 g/mol. The van der Waals surface area contributed by atoms with Crippen LogP contribution in [0.25, 0.3) is 11.1 Å². The molecule has 176 valence electrons. The normalized spacial score (nSPS) is 18.8. The molecule has 0 bridgehead atoms. The number of likely N-dealkylation sites (tertiary alicyclic amines) is 1. The first-order valence-electron chi connectivity index (χ1n) is 13.0. The Hall–Kier alpha value is -2.23. The van der Waals surface area contributed by atoms with Crippen LogP contribution in [0.1, 0.15) is 79.9 Å². The van der Waals surface area contributed by atoms with Crippen molar-refractivity contribution in [2.45, 2.75) is 71.8 Å². The molecule has 3 nitrogen and oxygen atoms in total. The smallest absolute Gasteiger partial charge is 0.0741 e. The van der Waals surface area contributed by atoms with Crippen molar-refractivity contribution in [3.63, 3.8) is 0 Å². The number of pyridine rings is 1. The molecule has 2 aromatic rings. The van der Waals surface area contributed by atoms with Crippen molar-refractivity contribution in [3.8, 4) is 0 Å². The number of nitrogens with one attached hydrogen (secondary N) is 1. The molecule has 1 aromatic carbocycles. The van der Waals surface area contributed by atoms with E-state index in [2.05, 4.69) is 79.5 Å². The third-order valence-corrected chi connectivity index (χ3v) is 7.29. The number of nitrogens with zero attached hydrogens (tertiary/aromatic N) is 2. The van der Waals surface area contributed by atoms with E-state index in [1.54, 1.807) is 0 Å². The molecule has 0 radical (unpaired) electrons. The lowest BCUT2D eigenvalue weighted by Crippen LogP contribution is -2.31. The molecule has 0 spiro atoms. The van der Waals surface area contributed by atoms with E-state index in [9.17, 15) is 0 Å². The van der Waals surface area contributed by atoms with E-state index in [1.807, 2.05) is 0 Å². The molecule has 3 heteroatoms. The van der Waals surface area contributed by atoms with Gasteiger partial charge in [0.1, 0.15) is 0 Å². The lowest BCUT2D eigenvalue weighted by atomic mass is 9.95. The summed E-state index contributed by atoms with van der Waals surface area (Å²) in [4.78, 5) is 7.75. The van der Waals surface area contributed by atoms with Crippen LogP contribution in [0.4, 0.5) is 0 Å². The molecule has 4 rings (SSSR count). The van der Waals surface area contributed by atoms with Gasteiger partial charge >= 0.3 is 0 Å². The van der Waals surface area contributed by atoms with Gasteiger partial charge in [-0.3, -0.25) is 4.90 Å². The lowest BCUT2D eigenvalue weighted by molar-refractivity contribution is 0.377. The van der Waals surface area contributed by atoms with Crippen molar-refractivity contribution < 1.29 is 0 Å². The summed E-state index contributed by atoms with van der Waals surface area (Å²) in [6.07, 6.45) is 14.1. The molecular weight excluding hydrogens is 402 g/mol. The van der Waals surface area contributed by atoms with Crippen LogP contribution >= 0.6 is 0 Å². The summed E-state index contributed by atoms with van der Waals surface area (Å²) in [5.74, 6) is 0. The molecule has 1 saturated heterocycles. The van der Waals surface area contributed by atoms with Crippen LogP contribution in [0.2, 0.25) is 0 Å². The topological polar surface area (TPSA) is 28.2 Å². The zero-order chi connectivity index (χ0) is 23.0. The van der Waals surface area contributed by atoms with Gasteiger partial charge in [0, 0.05) is 24.7 Å². The number of allylic oxidation sites excluding steroid dienone is 1. The highest BCUT2D eigenvalue weighted by Gasteiger charge is 2.15. The number of hydrogen-bond donors (Lipinski definition) is 1. The fraction of sp³-hybridized carbons (Fsp3) is 0.500. The number of hydrogen-bond acceptors (Lipinski definition) is 3. The van der Waals surface area contributed by atoms with E-state index < -0.39 is 0 Å². The van der Waals surface area contributed by atoms with Crippen molar-refractivity contribution in [3.05, 3.63) is 76.6 Å². The Morgan fingerprint density at radius 2 is 1.67 bits per heavy atom. The molecule has 1 saturated carbocycles. The maximum absolute atomic E-state index is 5.20. The van der Waals surface area contributed by atoms with Gasteiger partial charge < -0.3 is 5.32 Å². The highest BCUT2D eigenvalue weighted by atomic mass is 15.1. The molecule has 0 unspecified atom stereocenters. The summed E-state index contributed by atoms with van der Waals surface area (Å²) in [5, 5.41) is 3.73. The van der Waals surface area contributed by atoms with Gasteiger partial charge in [-0.05, 0) is 82.3 Å². The second kappa shape index (κ2) is 11.8. The Morgan fingerprint density at radius 1 is 0.939 bits per heavy atom. The van der Waals surface area contributed by atoms with E-state index >= 15 is 0 Å². The summed E-state index contributed by atoms with van der Waals surface area (Å²) in [7, 11) is 0. The van der Waals surface area contributed by atoms with Crippen LogP contribution in [0.5, 0.6) is 0 Å². The molecule has 2 fully saturated rings. The van der Waals surface area contributed by atoms with Gasteiger partial charge in [-0.2, -0.15) is 0 Å². The molecule has 0 atom stereocenters. The predicted molar refractivity (Wildman–Crippen MR) is 141 cm³/mol. The van der Waals surface area contributed by atoms with Crippen molar-refractivity contribution in [1.29, 1.82) is 0 Å². The fourth-order valence-electron chi connectivity index (χ4n) is 5.08. The first-order valence-corrected chi connectivity index (χ1v) is 13.0. The summed E-state index contributed by atoms with van der Waals surface area (Å²) in [6.45, 7) is 10.9. The largest absolute Gasteiger partial charge is 0.311 e. The minimum Gasteiger partial charge on any atom is -0.311 e. The van der Waals surface area contributed by atoms with E-state index in [1.165, 1.54) is 85.9 Å². The minimum atomic E-state index is 0.686. The number of benzene rings is 1. The Balaban J connectivity index is 1.57. The third kappa shape index (κ3) is 6.65. The van der Waals surface area contributed by atoms with Crippen LogP contribution in [0, 0.1) is 13.8 Å². The number of aromatic nitrogens is 1. The van der Waals surface area contributed by atoms with Crippen LogP contribution in [0.3, 0.4) is 0 Å². The quantitative estimate of drug-likeness (QED) is 0.501. The first-order chi connectivity index (χ1) is 16.1. The van der Waals surface area contributed by atoms with Gasteiger partial charge in [-0.15, -0.1) is 0 Å². The number of rotatable bonds is 8. The van der Waals surface area contributed by atoms with Crippen LogP contribution in [-0.4, -0.2) is 42.1 Å². The highest BCUT2D eigenvalue weighted by Crippen LogP contribution is 2.27. The van der Waals surface area contributed by atoms with Gasteiger partial charge in [0.25, 0.3) is 0 Å². The lowest BCUT2D eigenvalue weighted by Gasteiger charge is -2.22. The molecule has 0 amide bonds. The summed E-state index contributed by atoms with van der Waals surface area (Å²) < 4.78 is 0. The molecule has 1 aromatic heterocycles. The zero-order valence-electron chi connectivity index (χ0n) is 20.9. The molecule has 2 heterocycles. The van der Waals surface area contributed by atoms with Crippen molar-refractivity contribution in [2.75, 3.05) is 26.2 Å². The molecular formula is C30H41N3. The molecule has 1 aliphatic heterocycles. The maximum Gasteiger partial charge on any atom is 0.0741 e. The van der Waals surface area contributed by atoms with E-state index in [-0.39, 0.29) is 0 Å². The Morgan fingerprint density at radius 3 is 2.39 bits per heavy atom. The Bertz CT molecular complexity index is 959. The average Bonchev–Trinajstić information content (AvgIpc) is 3.35. The maximum atomic E-state index is 5.20. The van der Waals surface area contributed by atoms with Gasteiger partial charge in [-0.25, -0.2) is 4.98 Å². The molecule has 33 heavy (non-hydrogen) atoms. The molecule has 1 N–H and O–H groups in total. The van der Waals surface area contributed by atoms with Gasteiger partial charge in [0.2, 0.25) is 0 Å². The Labute approximate surface area is 201 Å². The summed E-state index contributed by atoms with van der Waals surface area (Å²) >= 11 is 0. The number of aryl methyl sites for hydroxylation is 2. The Kier molecular flexibility index (Phi) is 8.52. The predicted octanol–water partition coefficient (Wildman–Crippen LogP) is 6.55.